The minimum atomic E-state index is -0.340. The minimum absolute atomic E-state index is 0.134. The summed E-state index contributed by atoms with van der Waals surface area (Å²) in [6, 6.07) is 8.03. The fourth-order valence-corrected chi connectivity index (χ4v) is 4.21. The summed E-state index contributed by atoms with van der Waals surface area (Å²) < 4.78 is 6.42. The lowest BCUT2D eigenvalue weighted by atomic mass is 9.75. The molecular formula is C20H22INO3. The summed E-state index contributed by atoms with van der Waals surface area (Å²) >= 11 is 2.26. The summed E-state index contributed by atoms with van der Waals surface area (Å²) in [6.45, 7) is 4.14. The largest absolute Gasteiger partial charge is 0.463 e. The highest BCUT2D eigenvalue weighted by molar-refractivity contribution is 14.1. The Bertz CT molecular complexity index is 779. The highest BCUT2D eigenvalue weighted by Crippen LogP contribution is 2.43. The number of hydrogen-bond donors (Lipinski definition) is 1. The maximum absolute atomic E-state index is 12.8. The van der Waals surface area contributed by atoms with Crippen molar-refractivity contribution in [1.82, 2.24) is 5.32 Å². The van der Waals surface area contributed by atoms with Crippen molar-refractivity contribution in [1.29, 1.82) is 0 Å². The summed E-state index contributed by atoms with van der Waals surface area (Å²) in [5.41, 5.74) is 4.15. The summed E-state index contributed by atoms with van der Waals surface area (Å²) in [7, 11) is 0. The molecule has 1 unspecified atom stereocenters. The second-order valence-electron chi connectivity index (χ2n) is 6.25. The van der Waals surface area contributed by atoms with Crippen molar-refractivity contribution >= 4 is 34.3 Å². The van der Waals surface area contributed by atoms with Crippen LogP contribution in [0.1, 0.15) is 51.0 Å². The van der Waals surface area contributed by atoms with E-state index < -0.39 is 0 Å². The van der Waals surface area contributed by atoms with E-state index in [0.29, 0.717) is 25.0 Å². The molecule has 0 aromatic heterocycles. The zero-order valence-corrected chi connectivity index (χ0v) is 16.7. The molecule has 1 atom stereocenters. The van der Waals surface area contributed by atoms with Gasteiger partial charge in [0.25, 0.3) is 0 Å². The van der Waals surface area contributed by atoms with Crippen LogP contribution in [0, 0.1) is 3.57 Å². The smallest absolute Gasteiger partial charge is 0.336 e. The molecule has 1 aromatic carbocycles. The average Bonchev–Trinajstić information content (AvgIpc) is 2.60. The van der Waals surface area contributed by atoms with Gasteiger partial charge in [0.15, 0.2) is 5.78 Å². The second kappa shape index (κ2) is 7.72. The highest BCUT2D eigenvalue weighted by atomic mass is 127. The van der Waals surface area contributed by atoms with Gasteiger partial charge >= 0.3 is 5.97 Å². The zero-order chi connectivity index (χ0) is 18.0. The van der Waals surface area contributed by atoms with Gasteiger partial charge < -0.3 is 10.1 Å². The average molecular weight is 451 g/mol. The van der Waals surface area contributed by atoms with Gasteiger partial charge in [0.1, 0.15) is 0 Å². The predicted molar refractivity (Wildman–Crippen MR) is 105 cm³/mol. The first kappa shape index (κ1) is 18.2. The predicted octanol–water partition coefficient (Wildman–Crippen LogP) is 4.21. The van der Waals surface area contributed by atoms with Crippen LogP contribution < -0.4 is 5.32 Å². The number of esters is 1. The molecule has 0 saturated carbocycles. The molecule has 0 radical (unpaired) electrons. The van der Waals surface area contributed by atoms with Crippen LogP contribution in [0.25, 0.3) is 0 Å². The lowest BCUT2D eigenvalue weighted by Crippen LogP contribution is -2.35. The van der Waals surface area contributed by atoms with E-state index in [4.69, 9.17) is 4.74 Å². The Morgan fingerprint density at radius 3 is 2.80 bits per heavy atom. The van der Waals surface area contributed by atoms with Gasteiger partial charge in [-0.2, -0.15) is 0 Å². The molecule has 0 spiro atoms. The van der Waals surface area contributed by atoms with E-state index in [1.54, 1.807) is 6.92 Å². The van der Waals surface area contributed by atoms with Gasteiger partial charge in [-0.15, -0.1) is 0 Å². The number of ether oxygens (including phenoxy) is 1. The van der Waals surface area contributed by atoms with Crippen LogP contribution >= 0.6 is 22.6 Å². The first-order valence-electron chi connectivity index (χ1n) is 8.75. The Hall–Kier alpha value is -1.63. The summed E-state index contributed by atoms with van der Waals surface area (Å²) in [6.07, 6.45) is 2.94. The quantitative estimate of drug-likeness (QED) is 0.551. The summed E-state index contributed by atoms with van der Waals surface area (Å²) in [5, 5.41) is 3.37. The SMILES string of the molecule is CCOC(=O)C1=C(CC)NC2=C(C(=O)CCC2)C1c1cccc(I)c1. The van der Waals surface area contributed by atoms with Gasteiger partial charge in [0.2, 0.25) is 0 Å². The fourth-order valence-electron chi connectivity index (χ4n) is 3.64. The second-order valence-corrected chi connectivity index (χ2v) is 7.49. The molecule has 4 nitrogen and oxygen atoms in total. The number of nitrogens with one attached hydrogen (secondary N) is 1. The van der Waals surface area contributed by atoms with E-state index in [-0.39, 0.29) is 17.7 Å². The number of halogens is 1. The van der Waals surface area contributed by atoms with Crippen LogP contribution in [0.15, 0.2) is 46.8 Å². The molecule has 0 amide bonds. The molecule has 1 aliphatic carbocycles. The van der Waals surface area contributed by atoms with Gasteiger partial charge in [-0.1, -0.05) is 19.1 Å². The Morgan fingerprint density at radius 1 is 1.32 bits per heavy atom. The van der Waals surface area contributed by atoms with E-state index in [1.807, 2.05) is 25.1 Å². The van der Waals surface area contributed by atoms with Crippen molar-refractivity contribution in [2.45, 2.75) is 45.4 Å². The third kappa shape index (κ3) is 3.52. The van der Waals surface area contributed by atoms with Crippen molar-refractivity contribution in [3.8, 4) is 0 Å². The van der Waals surface area contributed by atoms with Crippen LogP contribution in [-0.4, -0.2) is 18.4 Å². The third-order valence-corrected chi connectivity index (χ3v) is 5.36. The topological polar surface area (TPSA) is 55.4 Å². The molecule has 1 heterocycles. The van der Waals surface area contributed by atoms with Crippen molar-refractivity contribution in [3.63, 3.8) is 0 Å². The Morgan fingerprint density at radius 2 is 2.12 bits per heavy atom. The van der Waals surface area contributed by atoms with Crippen molar-refractivity contribution < 1.29 is 14.3 Å². The normalized spacial score (nSPS) is 20.3. The van der Waals surface area contributed by atoms with Crippen LogP contribution in [0.3, 0.4) is 0 Å². The maximum Gasteiger partial charge on any atom is 0.336 e. The molecule has 3 rings (SSSR count). The number of Topliss-reactive ketones (excluding diaryl/α,β-unsaturated/α-hetero) is 1. The van der Waals surface area contributed by atoms with Gasteiger partial charge in [-0.25, -0.2) is 4.79 Å². The number of carbonyl (C=O) groups is 2. The fraction of sp³-hybridized carbons (Fsp3) is 0.400. The molecule has 0 bridgehead atoms. The van der Waals surface area contributed by atoms with E-state index >= 15 is 0 Å². The minimum Gasteiger partial charge on any atom is -0.463 e. The highest BCUT2D eigenvalue weighted by Gasteiger charge is 2.39. The standard InChI is InChI=1S/C20H22INO3/c1-3-14-19(20(24)25-4-2)17(12-7-5-8-13(21)11-12)18-15(22-14)9-6-10-16(18)23/h5,7-8,11,17,22H,3-4,6,9-10H2,1-2H3. The van der Waals surface area contributed by atoms with Crippen molar-refractivity contribution in [2.24, 2.45) is 0 Å². The Labute approximate surface area is 161 Å². The number of carbonyl (C=O) groups excluding carboxylic acids is 2. The molecule has 1 aromatic rings. The van der Waals surface area contributed by atoms with Crippen LogP contribution in [0.4, 0.5) is 0 Å². The maximum atomic E-state index is 12.8. The molecule has 1 N–H and O–H groups in total. The molecule has 2 aliphatic rings. The first-order valence-corrected chi connectivity index (χ1v) is 9.83. The van der Waals surface area contributed by atoms with Gasteiger partial charge in [-0.05, 0) is 66.5 Å². The van der Waals surface area contributed by atoms with Gasteiger partial charge in [0, 0.05) is 32.9 Å². The monoisotopic (exact) mass is 451 g/mol. The number of benzene rings is 1. The number of allylic oxidation sites excluding steroid dienone is 3. The van der Waals surface area contributed by atoms with Gasteiger partial charge in [-0.3, -0.25) is 4.79 Å². The summed E-state index contributed by atoms with van der Waals surface area (Å²) in [4.78, 5) is 25.5. The van der Waals surface area contributed by atoms with E-state index in [0.717, 1.165) is 38.9 Å². The van der Waals surface area contributed by atoms with Crippen LogP contribution in [0.5, 0.6) is 0 Å². The van der Waals surface area contributed by atoms with E-state index in [9.17, 15) is 9.59 Å². The number of ketones is 1. The lowest BCUT2D eigenvalue weighted by Gasteiger charge is -2.35. The van der Waals surface area contributed by atoms with Crippen LogP contribution in [-0.2, 0) is 14.3 Å². The van der Waals surface area contributed by atoms with Crippen LogP contribution in [0.2, 0.25) is 0 Å². The van der Waals surface area contributed by atoms with E-state index in [1.165, 1.54) is 0 Å². The zero-order valence-electron chi connectivity index (χ0n) is 14.5. The molecule has 0 fully saturated rings. The molecular weight excluding hydrogens is 429 g/mol. The number of hydrogen-bond acceptors (Lipinski definition) is 4. The third-order valence-electron chi connectivity index (χ3n) is 4.69. The summed E-state index contributed by atoms with van der Waals surface area (Å²) in [5.74, 6) is -0.539. The Kier molecular flexibility index (Phi) is 5.61. The molecule has 1 aliphatic heterocycles. The molecule has 0 saturated heterocycles. The molecule has 25 heavy (non-hydrogen) atoms. The van der Waals surface area contributed by atoms with E-state index in [2.05, 4.69) is 34.0 Å². The van der Waals surface area contributed by atoms with Crippen molar-refractivity contribution in [3.05, 3.63) is 55.9 Å². The Balaban J connectivity index is 2.20. The molecule has 132 valence electrons. The number of rotatable bonds is 4. The first-order chi connectivity index (χ1) is 12.1. The number of dihydropyridines is 1. The molecule has 5 heteroatoms. The van der Waals surface area contributed by atoms with Crippen molar-refractivity contribution in [2.75, 3.05) is 6.61 Å². The van der Waals surface area contributed by atoms with Gasteiger partial charge in [0.05, 0.1) is 12.2 Å². The lowest BCUT2D eigenvalue weighted by molar-refractivity contribution is -0.138.